The SMILES string of the molecule is CC(C)(C)OCCCCP(O)(O)=S. The molecule has 80 valence electrons. The maximum absolute atomic E-state index is 8.92. The molecule has 2 N–H and O–H groups in total. The number of hydrogen-bond donors (Lipinski definition) is 2. The van der Waals surface area contributed by atoms with Gasteiger partial charge in [0, 0.05) is 12.8 Å². The average Bonchev–Trinajstić information content (AvgIpc) is 1.81. The maximum atomic E-state index is 8.92. The predicted octanol–water partition coefficient (Wildman–Crippen LogP) is 1.88. The van der Waals surface area contributed by atoms with Gasteiger partial charge in [0.1, 0.15) is 0 Å². The van der Waals surface area contributed by atoms with Crippen molar-refractivity contribution in [3.8, 4) is 0 Å². The summed E-state index contributed by atoms with van der Waals surface area (Å²) in [7, 11) is 0. The zero-order valence-electron chi connectivity index (χ0n) is 8.49. The predicted molar refractivity (Wildman–Crippen MR) is 58.5 cm³/mol. The number of rotatable bonds is 5. The van der Waals surface area contributed by atoms with Gasteiger partial charge in [-0.2, -0.15) is 0 Å². The third-order valence-electron chi connectivity index (χ3n) is 1.38. The van der Waals surface area contributed by atoms with E-state index in [-0.39, 0.29) is 5.60 Å². The summed E-state index contributed by atoms with van der Waals surface area (Å²) in [5.41, 5.74) is -0.112. The molecule has 0 saturated heterocycles. The Balaban J connectivity index is 3.33. The summed E-state index contributed by atoms with van der Waals surface area (Å²) in [6.07, 6.45) is 1.88. The summed E-state index contributed by atoms with van der Waals surface area (Å²) in [6.45, 7) is 3.67. The quantitative estimate of drug-likeness (QED) is 0.555. The Hall–Kier alpha value is 0.530. The van der Waals surface area contributed by atoms with Crippen LogP contribution in [0.5, 0.6) is 0 Å². The molecule has 0 radical (unpaired) electrons. The smallest absolute Gasteiger partial charge is 0.183 e. The van der Waals surface area contributed by atoms with Crippen LogP contribution in [-0.4, -0.2) is 28.2 Å². The van der Waals surface area contributed by atoms with Gasteiger partial charge in [0.2, 0.25) is 0 Å². The van der Waals surface area contributed by atoms with E-state index in [0.29, 0.717) is 12.8 Å². The van der Waals surface area contributed by atoms with Gasteiger partial charge in [0.05, 0.1) is 5.60 Å². The Labute approximate surface area is 85.3 Å². The Morgan fingerprint density at radius 2 is 1.77 bits per heavy atom. The highest BCUT2D eigenvalue weighted by Gasteiger charge is 2.10. The molecule has 0 aliphatic rings. The van der Waals surface area contributed by atoms with Crippen molar-refractivity contribution in [2.24, 2.45) is 0 Å². The van der Waals surface area contributed by atoms with E-state index in [2.05, 4.69) is 11.8 Å². The standard InChI is InChI=1S/C8H19O3PS/c1-8(2,3)11-6-4-5-7-12(9,10)13/h4-7H2,1-3H3,(H2,9,10,13). The van der Waals surface area contributed by atoms with Crippen molar-refractivity contribution in [2.75, 3.05) is 12.8 Å². The van der Waals surface area contributed by atoms with E-state index in [9.17, 15) is 0 Å². The van der Waals surface area contributed by atoms with Crippen molar-refractivity contribution < 1.29 is 14.5 Å². The van der Waals surface area contributed by atoms with Crippen LogP contribution in [0.3, 0.4) is 0 Å². The highest BCUT2D eigenvalue weighted by Crippen LogP contribution is 2.35. The van der Waals surface area contributed by atoms with Crippen molar-refractivity contribution in [1.29, 1.82) is 0 Å². The summed E-state index contributed by atoms with van der Waals surface area (Å²) in [4.78, 5) is 17.8. The van der Waals surface area contributed by atoms with Crippen LogP contribution in [0.15, 0.2) is 0 Å². The van der Waals surface area contributed by atoms with Crippen LogP contribution >= 0.6 is 6.49 Å². The lowest BCUT2D eigenvalue weighted by atomic mass is 10.2. The second kappa shape index (κ2) is 5.42. The largest absolute Gasteiger partial charge is 0.376 e. The Morgan fingerprint density at radius 3 is 2.15 bits per heavy atom. The van der Waals surface area contributed by atoms with Crippen LogP contribution in [-0.2, 0) is 16.5 Å². The van der Waals surface area contributed by atoms with Gasteiger partial charge in [-0.25, -0.2) is 0 Å². The van der Waals surface area contributed by atoms with Gasteiger partial charge in [-0.3, -0.25) is 0 Å². The second-order valence-electron chi connectivity index (χ2n) is 4.06. The van der Waals surface area contributed by atoms with Gasteiger partial charge in [-0.15, -0.1) is 0 Å². The number of ether oxygens (including phenoxy) is 1. The minimum Gasteiger partial charge on any atom is -0.376 e. The Bertz CT molecular complexity index is 182. The molecule has 0 aromatic rings. The topological polar surface area (TPSA) is 49.7 Å². The summed E-state index contributed by atoms with van der Waals surface area (Å²) in [5.74, 6) is 0. The summed E-state index contributed by atoms with van der Waals surface area (Å²) in [6, 6.07) is 0. The molecule has 0 fully saturated rings. The summed E-state index contributed by atoms with van der Waals surface area (Å²) < 4.78 is 5.46. The molecule has 0 aliphatic carbocycles. The average molecular weight is 226 g/mol. The van der Waals surface area contributed by atoms with E-state index in [1.54, 1.807) is 0 Å². The molecule has 0 saturated carbocycles. The number of unbranched alkanes of at least 4 members (excludes halogenated alkanes) is 1. The normalized spacial score (nSPS) is 13.3. The first kappa shape index (κ1) is 13.5. The molecular formula is C8H19O3PS. The van der Waals surface area contributed by atoms with Crippen LogP contribution < -0.4 is 0 Å². The zero-order chi connectivity index (χ0) is 10.5. The zero-order valence-corrected chi connectivity index (χ0v) is 10.2. The van der Waals surface area contributed by atoms with Crippen LogP contribution in [0.1, 0.15) is 33.6 Å². The fraction of sp³-hybridized carbons (Fsp3) is 1.00. The molecule has 0 aliphatic heterocycles. The van der Waals surface area contributed by atoms with E-state index >= 15 is 0 Å². The molecule has 0 heterocycles. The van der Waals surface area contributed by atoms with E-state index < -0.39 is 6.49 Å². The molecule has 0 spiro atoms. The van der Waals surface area contributed by atoms with Crippen LogP contribution in [0.25, 0.3) is 0 Å². The molecule has 13 heavy (non-hydrogen) atoms. The highest BCUT2D eigenvalue weighted by molar-refractivity contribution is 8.09. The third-order valence-corrected chi connectivity index (χ3v) is 2.83. The first-order chi connectivity index (χ1) is 5.71. The molecule has 0 unspecified atom stereocenters. The Kier molecular flexibility index (Phi) is 5.64. The van der Waals surface area contributed by atoms with Gasteiger partial charge < -0.3 is 14.5 Å². The summed E-state index contributed by atoms with van der Waals surface area (Å²) in [5, 5.41) is 0. The Morgan fingerprint density at radius 1 is 1.23 bits per heavy atom. The molecule has 0 aromatic carbocycles. The van der Waals surface area contributed by atoms with Crippen LogP contribution in [0.4, 0.5) is 0 Å². The molecule has 0 amide bonds. The molecular weight excluding hydrogens is 207 g/mol. The van der Waals surface area contributed by atoms with Crippen LogP contribution in [0.2, 0.25) is 0 Å². The maximum Gasteiger partial charge on any atom is 0.183 e. The molecule has 3 nitrogen and oxygen atoms in total. The van der Waals surface area contributed by atoms with Crippen molar-refractivity contribution in [2.45, 2.75) is 39.2 Å². The highest BCUT2D eigenvalue weighted by atomic mass is 32.5. The fourth-order valence-corrected chi connectivity index (χ4v) is 1.82. The molecule has 0 aromatic heterocycles. The van der Waals surface area contributed by atoms with Gasteiger partial charge in [-0.05, 0) is 45.4 Å². The fourth-order valence-electron chi connectivity index (χ4n) is 0.798. The number of hydrogen-bond acceptors (Lipinski definition) is 2. The second-order valence-corrected chi connectivity index (χ2v) is 7.59. The van der Waals surface area contributed by atoms with Gasteiger partial charge in [0.15, 0.2) is 6.49 Å². The lowest BCUT2D eigenvalue weighted by molar-refractivity contribution is -0.00412. The van der Waals surface area contributed by atoms with Gasteiger partial charge >= 0.3 is 0 Å². The lowest BCUT2D eigenvalue weighted by Gasteiger charge is -2.19. The first-order valence-electron chi connectivity index (χ1n) is 4.39. The van der Waals surface area contributed by atoms with Gasteiger partial charge in [0.25, 0.3) is 0 Å². The van der Waals surface area contributed by atoms with Crippen molar-refractivity contribution >= 4 is 18.3 Å². The van der Waals surface area contributed by atoms with Crippen molar-refractivity contribution in [1.82, 2.24) is 0 Å². The summed E-state index contributed by atoms with van der Waals surface area (Å²) >= 11 is 4.49. The molecule has 0 rings (SSSR count). The van der Waals surface area contributed by atoms with Crippen molar-refractivity contribution in [3.63, 3.8) is 0 Å². The van der Waals surface area contributed by atoms with E-state index in [1.807, 2.05) is 20.8 Å². The van der Waals surface area contributed by atoms with Gasteiger partial charge in [-0.1, -0.05) is 0 Å². The van der Waals surface area contributed by atoms with Crippen LogP contribution in [0, 0.1) is 0 Å². The first-order valence-corrected chi connectivity index (χ1v) is 7.28. The molecule has 0 atom stereocenters. The van der Waals surface area contributed by atoms with Crippen molar-refractivity contribution in [3.05, 3.63) is 0 Å². The minimum atomic E-state index is -2.97. The lowest BCUT2D eigenvalue weighted by Crippen LogP contribution is -2.19. The van der Waals surface area contributed by atoms with E-state index in [1.165, 1.54) is 0 Å². The minimum absolute atomic E-state index is 0.112. The third kappa shape index (κ3) is 12.5. The van der Waals surface area contributed by atoms with E-state index in [0.717, 1.165) is 12.8 Å². The van der Waals surface area contributed by atoms with E-state index in [4.69, 9.17) is 14.5 Å². The molecule has 0 bridgehead atoms. The molecule has 5 heteroatoms. The monoisotopic (exact) mass is 226 g/mol.